The lowest BCUT2D eigenvalue weighted by atomic mass is 10.0. The number of hydrogen-bond acceptors (Lipinski definition) is 6. The molecule has 2 N–H and O–H groups in total. The van der Waals surface area contributed by atoms with Gasteiger partial charge in [-0.2, -0.15) is 0 Å². The second kappa shape index (κ2) is 11.9. The highest BCUT2D eigenvalue weighted by molar-refractivity contribution is 7.99. The highest BCUT2D eigenvalue weighted by atomic mass is 32.2. The molecule has 0 spiro atoms. The molecule has 1 heterocycles. The van der Waals surface area contributed by atoms with Crippen molar-refractivity contribution in [3.63, 3.8) is 0 Å². The van der Waals surface area contributed by atoms with Gasteiger partial charge in [0.15, 0.2) is 11.0 Å². The van der Waals surface area contributed by atoms with E-state index in [9.17, 15) is 9.59 Å². The average molecular weight is 496 g/mol. The molecular weight excluding hydrogens is 462 g/mol. The van der Waals surface area contributed by atoms with E-state index in [-0.39, 0.29) is 29.5 Å². The Hall–Kier alpha value is -3.33. The number of anilines is 1. The van der Waals surface area contributed by atoms with Gasteiger partial charge in [0.2, 0.25) is 5.91 Å². The number of amides is 2. The first-order valence-corrected chi connectivity index (χ1v) is 12.6. The van der Waals surface area contributed by atoms with Crippen LogP contribution in [0.4, 0.5) is 5.69 Å². The lowest BCUT2D eigenvalue weighted by Gasteiger charge is -2.21. The maximum atomic E-state index is 12.8. The summed E-state index contributed by atoms with van der Waals surface area (Å²) in [4.78, 5) is 25.5. The number of hydrogen-bond donors (Lipinski definition) is 2. The lowest BCUT2D eigenvalue weighted by molar-refractivity contribution is -0.113. The van der Waals surface area contributed by atoms with Gasteiger partial charge in [-0.3, -0.25) is 9.59 Å². The highest BCUT2D eigenvalue weighted by Crippen LogP contribution is 2.26. The van der Waals surface area contributed by atoms with Crippen molar-refractivity contribution in [2.45, 2.75) is 44.8 Å². The smallest absolute Gasteiger partial charge is 0.251 e. The second-order valence-corrected chi connectivity index (χ2v) is 9.84. The maximum absolute atomic E-state index is 12.8. The van der Waals surface area contributed by atoms with Crippen LogP contribution in [0, 0.1) is 5.92 Å². The van der Waals surface area contributed by atoms with Crippen molar-refractivity contribution >= 4 is 29.3 Å². The first-order chi connectivity index (χ1) is 16.7. The molecule has 8 nitrogen and oxygen atoms in total. The van der Waals surface area contributed by atoms with Crippen molar-refractivity contribution in [1.29, 1.82) is 0 Å². The third-order valence-electron chi connectivity index (χ3n) is 5.64. The minimum atomic E-state index is -0.344. The number of methoxy groups -OCH3 is 1. The van der Waals surface area contributed by atoms with Crippen LogP contribution in [0.15, 0.2) is 53.7 Å². The number of nitrogens with one attached hydrogen (secondary N) is 2. The number of benzene rings is 2. The Morgan fingerprint density at radius 1 is 1.03 bits per heavy atom. The molecule has 35 heavy (non-hydrogen) atoms. The van der Waals surface area contributed by atoms with Gasteiger partial charge < -0.3 is 19.9 Å². The van der Waals surface area contributed by atoms with Crippen LogP contribution in [0.3, 0.4) is 0 Å². The molecule has 0 aliphatic rings. The van der Waals surface area contributed by atoms with E-state index >= 15 is 0 Å². The largest absolute Gasteiger partial charge is 0.497 e. The molecule has 0 unspecified atom stereocenters. The van der Waals surface area contributed by atoms with Crippen LogP contribution in [0.5, 0.6) is 5.75 Å². The SMILES string of the molecule is COc1ccc(C(=O)N[C@@H](c2nnc(SCC(=O)Nc3ccccc3C(C)C)n2C)C(C)C)cc1. The molecule has 0 aliphatic heterocycles. The van der Waals surface area contributed by atoms with Gasteiger partial charge in [0.25, 0.3) is 5.91 Å². The minimum absolute atomic E-state index is 0.0776. The Morgan fingerprint density at radius 2 is 1.71 bits per heavy atom. The monoisotopic (exact) mass is 495 g/mol. The molecule has 0 saturated carbocycles. The molecule has 1 aromatic heterocycles. The summed E-state index contributed by atoms with van der Waals surface area (Å²) in [6.45, 7) is 8.22. The number of carbonyl (C=O) groups is 2. The van der Waals surface area contributed by atoms with Gasteiger partial charge in [0.1, 0.15) is 5.75 Å². The van der Waals surface area contributed by atoms with E-state index in [1.54, 1.807) is 31.4 Å². The fourth-order valence-electron chi connectivity index (χ4n) is 3.65. The van der Waals surface area contributed by atoms with Gasteiger partial charge in [-0.1, -0.05) is 57.7 Å². The molecule has 0 aliphatic carbocycles. The second-order valence-electron chi connectivity index (χ2n) is 8.90. The zero-order valence-electron chi connectivity index (χ0n) is 21.0. The maximum Gasteiger partial charge on any atom is 0.251 e. The van der Waals surface area contributed by atoms with Crippen molar-refractivity contribution in [3.8, 4) is 5.75 Å². The third-order valence-corrected chi connectivity index (χ3v) is 6.66. The Bertz CT molecular complexity index is 1160. The zero-order valence-corrected chi connectivity index (χ0v) is 21.8. The summed E-state index contributed by atoms with van der Waals surface area (Å²) in [5.74, 6) is 1.59. The average Bonchev–Trinajstić information content (AvgIpc) is 3.20. The molecule has 0 fully saturated rings. The van der Waals surface area contributed by atoms with E-state index in [0.29, 0.717) is 28.2 Å². The van der Waals surface area contributed by atoms with Crippen molar-refractivity contribution in [2.75, 3.05) is 18.2 Å². The van der Waals surface area contributed by atoms with E-state index in [4.69, 9.17) is 4.74 Å². The third kappa shape index (κ3) is 6.63. The van der Waals surface area contributed by atoms with Crippen molar-refractivity contribution in [2.24, 2.45) is 13.0 Å². The van der Waals surface area contributed by atoms with Crippen LogP contribution in [0.25, 0.3) is 0 Å². The summed E-state index contributed by atoms with van der Waals surface area (Å²) in [6, 6.07) is 14.4. The van der Waals surface area contributed by atoms with Crippen molar-refractivity contribution in [3.05, 3.63) is 65.5 Å². The Balaban J connectivity index is 1.67. The van der Waals surface area contributed by atoms with Crippen LogP contribution >= 0.6 is 11.8 Å². The first kappa shape index (κ1) is 26.3. The minimum Gasteiger partial charge on any atom is -0.497 e. The van der Waals surface area contributed by atoms with Gasteiger partial charge in [-0.15, -0.1) is 10.2 Å². The van der Waals surface area contributed by atoms with Gasteiger partial charge in [-0.25, -0.2) is 0 Å². The molecule has 2 amide bonds. The van der Waals surface area contributed by atoms with Crippen molar-refractivity contribution in [1.82, 2.24) is 20.1 Å². The van der Waals surface area contributed by atoms with E-state index in [1.807, 2.05) is 49.7 Å². The highest BCUT2D eigenvalue weighted by Gasteiger charge is 2.25. The molecular formula is C26H33N5O3S. The molecule has 0 bridgehead atoms. The molecule has 0 radical (unpaired) electrons. The first-order valence-electron chi connectivity index (χ1n) is 11.6. The number of nitrogens with zero attached hydrogens (tertiary/aromatic N) is 3. The van der Waals surface area contributed by atoms with Crippen LogP contribution in [-0.2, 0) is 11.8 Å². The summed E-state index contributed by atoms with van der Waals surface area (Å²) >= 11 is 1.31. The fourth-order valence-corrected chi connectivity index (χ4v) is 4.37. The van der Waals surface area contributed by atoms with Gasteiger partial charge in [0, 0.05) is 18.3 Å². The number of para-hydroxylation sites is 1. The quantitative estimate of drug-likeness (QED) is 0.392. The summed E-state index contributed by atoms with van der Waals surface area (Å²) in [5, 5.41) is 15.3. The Morgan fingerprint density at radius 3 is 2.34 bits per heavy atom. The van der Waals surface area contributed by atoms with Gasteiger partial charge in [-0.05, 0) is 47.7 Å². The molecule has 3 rings (SSSR count). The topological polar surface area (TPSA) is 98.1 Å². The summed E-state index contributed by atoms with van der Waals surface area (Å²) in [6.07, 6.45) is 0. The lowest BCUT2D eigenvalue weighted by Crippen LogP contribution is -2.33. The molecule has 2 aromatic carbocycles. The number of aromatic nitrogens is 3. The van der Waals surface area contributed by atoms with Crippen LogP contribution in [-0.4, -0.2) is 39.4 Å². The molecule has 0 saturated heterocycles. The normalized spacial score (nSPS) is 12.0. The van der Waals surface area contributed by atoms with Gasteiger partial charge >= 0.3 is 0 Å². The fraction of sp³-hybridized carbons (Fsp3) is 0.385. The number of rotatable bonds is 10. The predicted molar refractivity (Wildman–Crippen MR) is 139 cm³/mol. The van der Waals surface area contributed by atoms with Crippen LogP contribution < -0.4 is 15.4 Å². The Kier molecular flexibility index (Phi) is 8.92. The van der Waals surface area contributed by atoms with Crippen LogP contribution in [0.2, 0.25) is 0 Å². The molecule has 1 atom stereocenters. The Labute approximate surface area is 210 Å². The van der Waals surface area contributed by atoms with E-state index in [2.05, 4.69) is 34.7 Å². The number of thioether (sulfide) groups is 1. The summed E-state index contributed by atoms with van der Waals surface area (Å²) in [7, 11) is 3.43. The zero-order chi connectivity index (χ0) is 25.5. The van der Waals surface area contributed by atoms with Crippen LogP contribution in [0.1, 0.15) is 61.4 Å². The molecule has 9 heteroatoms. The molecule has 186 valence electrons. The predicted octanol–water partition coefficient (Wildman–Crippen LogP) is 4.81. The number of ether oxygens (including phenoxy) is 1. The van der Waals surface area contributed by atoms with Gasteiger partial charge in [0.05, 0.1) is 18.9 Å². The van der Waals surface area contributed by atoms with E-state index in [1.165, 1.54) is 11.8 Å². The summed E-state index contributed by atoms with van der Waals surface area (Å²) in [5.41, 5.74) is 2.46. The number of carbonyl (C=O) groups excluding carboxylic acids is 2. The standard InChI is InChI=1S/C26H33N5O3S/c1-16(2)20-9-7-8-10-21(20)27-22(32)15-35-26-30-29-24(31(26)5)23(17(3)4)28-25(33)18-11-13-19(34-6)14-12-18/h7-14,16-17,23H,15H2,1-6H3,(H,27,32)(H,28,33)/t23-/m1/s1. The molecule has 3 aromatic rings. The van der Waals surface area contributed by atoms with Crippen molar-refractivity contribution < 1.29 is 14.3 Å². The van der Waals surface area contributed by atoms with E-state index < -0.39 is 0 Å². The summed E-state index contributed by atoms with van der Waals surface area (Å²) < 4.78 is 6.99. The van der Waals surface area contributed by atoms with E-state index in [0.717, 1.165) is 11.3 Å².